The van der Waals surface area contributed by atoms with Gasteiger partial charge < -0.3 is 10.4 Å². The van der Waals surface area contributed by atoms with E-state index in [2.05, 4.69) is 21.2 Å². The molecule has 1 atom stereocenters. The quantitative estimate of drug-likeness (QED) is 0.883. The number of aliphatic hydroxyl groups excluding tert-OH is 1. The maximum absolute atomic E-state index is 12.1. The second-order valence-corrected chi connectivity index (χ2v) is 5.47. The van der Waals surface area contributed by atoms with Gasteiger partial charge in [-0.3, -0.25) is 4.79 Å². The highest BCUT2D eigenvalue weighted by Crippen LogP contribution is 2.12. The third kappa shape index (κ3) is 4.18. The summed E-state index contributed by atoms with van der Waals surface area (Å²) in [4.78, 5) is 12.1. The lowest BCUT2D eigenvalue weighted by molar-refractivity contribution is 0.0916. The fourth-order valence-electron chi connectivity index (χ4n) is 1.96. The molecule has 0 fully saturated rings. The van der Waals surface area contributed by atoms with Crippen LogP contribution >= 0.6 is 15.9 Å². The molecule has 1 unspecified atom stereocenters. The molecule has 0 heterocycles. The van der Waals surface area contributed by atoms with Crippen LogP contribution in [0, 0.1) is 0 Å². The zero-order chi connectivity index (χ0) is 14.4. The molecule has 0 saturated carbocycles. The molecule has 0 aliphatic heterocycles. The summed E-state index contributed by atoms with van der Waals surface area (Å²) >= 11 is 3.34. The van der Waals surface area contributed by atoms with E-state index in [1.54, 1.807) is 12.1 Å². The number of hydrogen-bond acceptors (Lipinski definition) is 2. The van der Waals surface area contributed by atoms with Crippen molar-refractivity contribution in [1.82, 2.24) is 5.32 Å². The normalized spacial score (nSPS) is 11.9. The average molecular weight is 334 g/mol. The van der Waals surface area contributed by atoms with Gasteiger partial charge in [-0.25, -0.2) is 0 Å². The summed E-state index contributed by atoms with van der Waals surface area (Å²) in [5.41, 5.74) is 1.66. The lowest BCUT2D eigenvalue weighted by atomic mass is 10.1. The van der Waals surface area contributed by atoms with Crippen molar-refractivity contribution in [3.05, 3.63) is 70.2 Å². The SMILES string of the molecule is O=C(NC(CO)Cc1ccccc1)c1cccc(Br)c1. The minimum Gasteiger partial charge on any atom is -0.394 e. The van der Waals surface area contributed by atoms with Crippen molar-refractivity contribution in [3.63, 3.8) is 0 Å². The van der Waals surface area contributed by atoms with Crippen molar-refractivity contribution in [2.24, 2.45) is 0 Å². The summed E-state index contributed by atoms with van der Waals surface area (Å²) in [6, 6.07) is 16.7. The van der Waals surface area contributed by atoms with Gasteiger partial charge in [0, 0.05) is 10.0 Å². The van der Waals surface area contributed by atoms with Crippen molar-refractivity contribution in [2.75, 3.05) is 6.61 Å². The van der Waals surface area contributed by atoms with Gasteiger partial charge in [0.15, 0.2) is 0 Å². The highest BCUT2D eigenvalue weighted by molar-refractivity contribution is 9.10. The molecule has 104 valence electrons. The Morgan fingerprint density at radius 2 is 1.90 bits per heavy atom. The number of hydrogen-bond donors (Lipinski definition) is 2. The van der Waals surface area contributed by atoms with Gasteiger partial charge in [-0.05, 0) is 30.2 Å². The van der Waals surface area contributed by atoms with Crippen LogP contribution in [-0.4, -0.2) is 23.7 Å². The third-order valence-corrected chi connectivity index (χ3v) is 3.46. The number of rotatable bonds is 5. The first kappa shape index (κ1) is 14.8. The molecular weight excluding hydrogens is 318 g/mol. The van der Waals surface area contributed by atoms with Gasteiger partial charge in [-0.1, -0.05) is 52.3 Å². The molecule has 1 amide bonds. The lowest BCUT2D eigenvalue weighted by Gasteiger charge is -2.16. The zero-order valence-electron chi connectivity index (χ0n) is 10.9. The Morgan fingerprint density at radius 1 is 1.15 bits per heavy atom. The maximum Gasteiger partial charge on any atom is 0.251 e. The van der Waals surface area contributed by atoms with Crippen LogP contribution in [0.25, 0.3) is 0 Å². The van der Waals surface area contributed by atoms with Gasteiger partial charge in [-0.2, -0.15) is 0 Å². The minimum atomic E-state index is -0.288. The molecule has 0 spiro atoms. The van der Waals surface area contributed by atoms with Crippen molar-refractivity contribution in [1.29, 1.82) is 0 Å². The highest BCUT2D eigenvalue weighted by atomic mass is 79.9. The first-order valence-corrected chi connectivity index (χ1v) is 7.19. The molecule has 2 rings (SSSR count). The molecule has 0 saturated heterocycles. The average Bonchev–Trinajstić information content (AvgIpc) is 2.47. The van der Waals surface area contributed by atoms with Crippen molar-refractivity contribution in [2.45, 2.75) is 12.5 Å². The third-order valence-electron chi connectivity index (χ3n) is 2.97. The largest absolute Gasteiger partial charge is 0.394 e. The Kier molecular flexibility index (Phi) is 5.32. The van der Waals surface area contributed by atoms with Gasteiger partial charge in [-0.15, -0.1) is 0 Å². The van der Waals surface area contributed by atoms with Crippen LogP contribution in [0.3, 0.4) is 0 Å². The zero-order valence-corrected chi connectivity index (χ0v) is 12.5. The van der Waals surface area contributed by atoms with E-state index in [4.69, 9.17) is 0 Å². The molecule has 0 aliphatic rings. The molecule has 3 nitrogen and oxygen atoms in total. The molecule has 0 bridgehead atoms. The first-order chi connectivity index (χ1) is 9.69. The summed E-state index contributed by atoms with van der Waals surface area (Å²) < 4.78 is 0.855. The van der Waals surface area contributed by atoms with E-state index in [-0.39, 0.29) is 18.6 Å². The van der Waals surface area contributed by atoms with E-state index in [9.17, 15) is 9.90 Å². The Hall–Kier alpha value is -1.65. The Bertz CT molecular complexity index is 572. The number of benzene rings is 2. The molecule has 0 radical (unpaired) electrons. The van der Waals surface area contributed by atoms with Crippen LogP contribution in [0.2, 0.25) is 0 Å². The van der Waals surface area contributed by atoms with E-state index < -0.39 is 0 Å². The van der Waals surface area contributed by atoms with E-state index in [1.165, 1.54) is 0 Å². The summed E-state index contributed by atoms with van der Waals surface area (Å²) in [6.07, 6.45) is 0.608. The molecule has 20 heavy (non-hydrogen) atoms. The Balaban J connectivity index is 2.01. The molecule has 2 aromatic carbocycles. The number of carbonyl (C=O) groups excluding carboxylic acids is 1. The van der Waals surface area contributed by atoms with Crippen molar-refractivity contribution in [3.8, 4) is 0 Å². The number of aliphatic hydroxyl groups is 1. The van der Waals surface area contributed by atoms with Gasteiger partial charge in [0.1, 0.15) is 0 Å². The van der Waals surface area contributed by atoms with Gasteiger partial charge >= 0.3 is 0 Å². The Labute approximate surface area is 126 Å². The lowest BCUT2D eigenvalue weighted by Crippen LogP contribution is -2.39. The molecular formula is C16H16BrNO2. The van der Waals surface area contributed by atoms with Gasteiger partial charge in [0.2, 0.25) is 0 Å². The van der Waals surface area contributed by atoms with Gasteiger partial charge in [0.25, 0.3) is 5.91 Å². The van der Waals surface area contributed by atoms with Crippen molar-refractivity contribution >= 4 is 21.8 Å². The molecule has 2 N–H and O–H groups in total. The van der Waals surface area contributed by atoms with Crippen molar-refractivity contribution < 1.29 is 9.90 Å². The minimum absolute atomic E-state index is 0.0887. The first-order valence-electron chi connectivity index (χ1n) is 6.40. The molecule has 2 aromatic rings. The standard InChI is InChI=1S/C16H16BrNO2/c17-14-8-4-7-13(10-14)16(20)18-15(11-19)9-12-5-2-1-3-6-12/h1-8,10,15,19H,9,11H2,(H,18,20). The van der Waals surface area contributed by atoms with Crippen LogP contribution in [0.15, 0.2) is 59.1 Å². The van der Waals surface area contributed by atoms with Gasteiger partial charge in [0.05, 0.1) is 12.6 Å². The van der Waals surface area contributed by atoms with E-state index in [1.807, 2.05) is 42.5 Å². The topological polar surface area (TPSA) is 49.3 Å². The highest BCUT2D eigenvalue weighted by Gasteiger charge is 2.13. The van der Waals surface area contributed by atoms with E-state index >= 15 is 0 Å². The second kappa shape index (κ2) is 7.22. The van der Waals surface area contributed by atoms with Crippen LogP contribution in [-0.2, 0) is 6.42 Å². The maximum atomic E-state index is 12.1. The van der Waals surface area contributed by atoms with Crippen LogP contribution in [0.4, 0.5) is 0 Å². The fraction of sp³-hybridized carbons (Fsp3) is 0.188. The Morgan fingerprint density at radius 3 is 2.55 bits per heavy atom. The predicted octanol–water partition coefficient (Wildman–Crippen LogP) is 2.78. The summed E-state index contributed by atoms with van der Waals surface area (Å²) in [5.74, 6) is -0.179. The number of halogens is 1. The monoisotopic (exact) mass is 333 g/mol. The van der Waals surface area contributed by atoms with Crippen LogP contribution in [0.1, 0.15) is 15.9 Å². The van der Waals surface area contributed by atoms with Crippen LogP contribution < -0.4 is 5.32 Å². The number of nitrogens with one attached hydrogen (secondary N) is 1. The molecule has 0 aromatic heterocycles. The predicted molar refractivity (Wildman–Crippen MR) is 82.6 cm³/mol. The van der Waals surface area contributed by atoms with E-state index in [0.717, 1.165) is 10.0 Å². The van der Waals surface area contributed by atoms with E-state index in [0.29, 0.717) is 12.0 Å². The summed E-state index contributed by atoms with van der Waals surface area (Å²) in [5, 5.41) is 12.3. The number of carbonyl (C=O) groups is 1. The molecule has 4 heteroatoms. The fourth-order valence-corrected chi connectivity index (χ4v) is 2.36. The summed E-state index contributed by atoms with van der Waals surface area (Å²) in [7, 11) is 0. The second-order valence-electron chi connectivity index (χ2n) is 4.55. The summed E-state index contributed by atoms with van der Waals surface area (Å²) in [6.45, 7) is -0.0887. The van der Waals surface area contributed by atoms with Crippen LogP contribution in [0.5, 0.6) is 0 Å². The molecule has 0 aliphatic carbocycles. The number of amides is 1. The smallest absolute Gasteiger partial charge is 0.251 e.